The van der Waals surface area contributed by atoms with E-state index < -0.39 is 0 Å². The fraction of sp³-hybridized carbons (Fsp3) is 0.143. The Hall–Kier alpha value is -2.12. The molecule has 0 spiro atoms. The van der Waals surface area contributed by atoms with Crippen molar-refractivity contribution in [3.63, 3.8) is 0 Å². The Morgan fingerprint density at radius 1 is 1.44 bits per heavy atom. The van der Waals surface area contributed by atoms with E-state index in [9.17, 15) is 0 Å². The summed E-state index contributed by atoms with van der Waals surface area (Å²) in [5, 5.41) is 10.2. The summed E-state index contributed by atoms with van der Waals surface area (Å²) in [6.07, 6.45) is 5.57. The van der Waals surface area contributed by atoms with Crippen LogP contribution in [0.4, 0.5) is 0 Å². The first-order chi connectivity index (χ1) is 8.78. The van der Waals surface area contributed by atoms with Gasteiger partial charge in [0.2, 0.25) is 0 Å². The van der Waals surface area contributed by atoms with Crippen molar-refractivity contribution < 1.29 is 0 Å². The highest BCUT2D eigenvalue weighted by molar-refractivity contribution is 7.19. The molecule has 0 unspecified atom stereocenters. The minimum Gasteiger partial charge on any atom is -0.332 e. The van der Waals surface area contributed by atoms with Crippen LogP contribution in [0.1, 0.15) is 16.0 Å². The van der Waals surface area contributed by atoms with Crippen molar-refractivity contribution in [3.8, 4) is 6.07 Å². The molecule has 3 nitrogen and oxygen atoms in total. The van der Waals surface area contributed by atoms with E-state index in [1.54, 1.807) is 17.5 Å². The molecule has 0 atom stereocenters. The number of nitrogens with zero attached hydrogens (tertiary/aromatic N) is 3. The molecule has 1 aromatic carbocycles. The summed E-state index contributed by atoms with van der Waals surface area (Å²) in [6.45, 7) is 2.98. The number of rotatable bonds is 2. The lowest BCUT2D eigenvalue weighted by Gasteiger charge is -2.00. The van der Waals surface area contributed by atoms with E-state index in [-0.39, 0.29) is 0 Å². The first-order valence-electron chi connectivity index (χ1n) is 5.66. The van der Waals surface area contributed by atoms with Crippen molar-refractivity contribution in [2.75, 3.05) is 0 Å². The van der Waals surface area contributed by atoms with Crippen LogP contribution in [0.3, 0.4) is 0 Å². The molecular formula is C14H11N3S. The number of hydrogen-bond donors (Lipinski definition) is 0. The van der Waals surface area contributed by atoms with E-state index >= 15 is 0 Å². The number of hydrogen-bond acceptors (Lipinski definition) is 3. The number of imidazole rings is 1. The summed E-state index contributed by atoms with van der Waals surface area (Å²) in [4.78, 5) is 5.37. The van der Waals surface area contributed by atoms with Gasteiger partial charge in [-0.05, 0) is 30.0 Å². The molecule has 0 saturated carbocycles. The maximum absolute atomic E-state index is 8.92. The predicted octanol–water partition coefficient (Wildman–Crippen LogP) is 3.33. The van der Waals surface area contributed by atoms with Crippen molar-refractivity contribution in [1.29, 1.82) is 5.26 Å². The number of thiophene rings is 1. The molecular weight excluding hydrogens is 242 g/mol. The SMILES string of the molecule is Cc1c(Cn2ccnc2)sc2cc(C#N)ccc12. The highest BCUT2D eigenvalue weighted by atomic mass is 32.1. The zero-order chi connectivity index (χ0) is 12.5. The summed E-state index contributed by atoms with van der Waals surface area (Å²) in [5.74, 6) is 0. The van der Waals surface area contributed by atoms with Crippen molar-refractivity contribution in [1.82, 2.24) is 9.55 Å². The average Bonchev–Trinajstić information content (AvgIpc) is 2.99. The van der Waals surface area contributed by atoms with Crippen molar-refractivity contribution in [3.05, 3.63) is 52.9 Å². The van der Waals surface area contributed by atoms with Gasteiger partial charge >= 0.3 is 0 Å². The molecule has 2 heterocycles. The third-order valence-corrected chi connectivity index (χ3v) is 4.29. The van der Waals surface area contributed by atoms with E-state index in [4.69, 9.17) is 5.26 Å². The summed E-state index contributed by atoms with van der Waals surface area (Å²) in [7, 11) is 0. The second-order valence-electron chi connectivity index (χ2n) is 4.21. The van der Waals surface area contributed by atoms with E-state index in [0.29, 0.717) is 0 Å². The van der Waals surface area contributed by atoms with Crippen LogP contribution < -0.4 is 0 Å². The number of aromatic nitrogens is 2. The zero-order valence-electron chi connectivity index (χ0n) is 9.92. The molecule has 3 rings (SSSR count). The molecule has 18 heavy (non-hydrogen) atoms. The van der Waals surface area contributed by atoms with Crippen LogP contribution in [0.5, 0.6) is 0 Å². The van der Waals surface area contributed by atoms with Gasteiger partial charge in [-0.3, -0.25) is 0 Å². The van der Waals surface area contributed by atoms with Gasteiger partial charge in [-0.15, -0.1) is 11.3 Å². The fourth-order valence-corrected chi connectivity index (χ4v) is 3.30. The lowest BCUT2D eigenvalue weighted by atomic mass is 10.1. The Morgan fingerprint density at radius 2 is 2.33 bits per heavy atom. The minimum atomic E-state index is 0.720. The summed E-state index contributed by atoms with van der Waals surface area (Å²) in [6, 6.07) is 8.06. The number of fused-ring (bicyclic) bond motifs is 1. The number of benzene rings is 1. The maximum atomic E-state index is 8.92. The summed E-state index contributed by atoms with van der Waals surface area (Å²) < 4.78 is 3.24. The first-order valence-corrected chi connectivity index (χ1v) is 6.47. The van der Waals surface area contributed by atoms with Gasteiger partial charge in [0.05, 0.1) is 24.5 Å². The molecule has 3 aromatic rings. The van der Waals surface area contributed by atoms with Crippen molar-refractivity contribution in [2.45, 2.75) is 13.5 Å². The molecule has 0 aliphatic carbocycles. The quantitative estimate of drug-likeness (QED) is 0.703. The molecule has 0 fully saturated rings. The van der Waals surface area contributed by atoms with Gasteiger partial charge in [0, 0.05) is 22.0 Å². The molecule has 0 saturated heterocycles. The topological polar surface area (TPSA) is 41.6 Å². The zero-order valence-corrected chi connectivity index (χ0v) is 10.7. The van der Waals surface area contributed by atoms with Gasteiger partial charge in [-0.25, -0.2) is 4.98 Å². The fourth-order valence-electron chi connectivity index (χ4n) is 2.04. The Balaban J connectivity index is 2.08. The van der Waals surface area contributed by atoms with E-state index in [1.807, 2.05) is 30.7 Å². The number of aryl methyl sites for hydroxylation is 1. The molecule has 4 heteroatoms. The van der Waals surface area contributed by atoms with Gasteiger partial charge in [-0.2, -0.15) is 5.26 Å². The van der Waals surface area contributed by atoms with Crippen molar-refractivity contribution in [2.24, 2.45) is 0 Å². The van der Waals surface area contributed by atoms with Crippen LogP contribution in [0.15, 0.2) is 36.9 Å². The van der Waals surface area contributed by atoms with E-state index in [0.717, 1.165) is 12.1 Å². The molecule has 2 aromatic heterocycles. The maximum Gasteiger partial charge on any atom is 0.0992 e. The Labute approximate surface area is 109 Å². The largest absolute Gasteiger partial charge is 0.332 e. The van der Waals surface area contributed by atoms with Gasteiger partial charge in [-0.1, -0.05) is 6.07 Å². The molecule has 0 amide bonds. The lowest BCUT2D eigenvalue weighted by molar-refractivity contribution is 0.806. The van der Waals surface area contributed by atoms with Crippen LogP contribution in [-0.4, -0.2) is 9.55 Å². The molecule has 0 aliphatic rings. The average molecular weight is 253 g/mol. The van der Waals surface area contributed by atoms with Gasteiger partial charge in [0.15, 0.2) is 0 Å². The summed E-state index contributed by atoms with van der Waals surface area (Å²) in [5.41, 5.74) is 2.02. The number of nitriles is 1. The van der Waals surface area contributed by atoms with Gasteiger partial charge in [0.25, 0.3) is 0 Å². The molecule has 0 bridgehead atoms. The van der Waals surface area contributed by atoms with E-state index in [2.05, 4.69) is 22.5 Å². The smallest absolute Gasteiger partial charge is 0.0992 e. The van der Waals surface area contributed by atoms with E-state index in [1.165, 1.54) is 20.5 Å². The Kier molecular flexibility index (Phi) is 2.62. The first kappa shape index (κ1) is 11.0. The van der Waals surface area contributed by atoms with Crippen LogP contribution in [0.2, 0.25) is 0 Å². The van der Waals surface area contributed by atoms with Crippen molar-refractivity contribution >= 4 is 21.4 Å². The Bertz CT molecular complexity index is 732. The van der Waals surface area contributed by atoms with Gasteiger partial charge < -0.3 is 4.57 Å². The third kappa shape index (κ3) is 1.79. The van der Waals surface area contributed by atoms with Crippen LogP contribution >= 0.6 is 11.3 Å². The standard InChI is InChI=1S/C14H11N3S/c1-10-12-3-2-11(7-15)6-13(12)18-14(10)8-17-5-4-16-9-17/h2-6,9H,8H2,1H3. The molecule has 0 radical (unpaired) electrons. The van der Waals surface area contributed by atoms with Crippen LogP contribution in [-0.2, 0) is 6.54 Å². The molecule has 0 N–H and O–H groups in total. The van der Waals surface area contributed by atoms with Gasteiger partial charge in [0.1, 0.15) is 0 Å². The second-order valence-corrected chi connectivity index (χ2v) is 5.34. The predicted molar refractivity (Wildman–Crippen MR) is 72.6 cm³/mol. The highest BCUT2D eigenvalue weighted by Crippen LogP contribution is 2.31. The Morgan fingerprint density at radius 3 is 3.06 bits per heavy atom. The van der Waals surface area contributed by atoms with Crippen LogP contribution in [0.25, 0.3) is 10.1 Å². The minimum absolute atomic E-state index is 0.720. The lowest BCUT2D eigenvalue weighted by Crippen LogP contribution is -1.94. The molecule has 0 aliphatic heterocycles. The third-order valence-electron chi connectivity index (χ3n) is 3.05. The molecule has 88 valence electrons. The summed E-state index contributed by atoms with van der Waals surface area (Å²) >= 11 is 1.75. The van der Waals surface area contributed by atoms with Crippen LogP contribution in [0, 0.1) is 18.3 Å². The normalized spacial score (nSPS) is 10.7. The second kappa shape index (κ2) is 4.28. The highest BCUT2D eigenvalue weighted by Gasteiger charge is 2.09. The monoisotopic (exact) mass is 253 g/mol.